The second kappa shape index (κ2) is 3.88. The largest absolute Gasteiger partial charge is 0.350 e. The predicted molar refractivity (Wildman–Crippen MR) is 72.1 cm³/mol. The van der Waals surface area contributed by atoms with E-state index in [2.05, 4.69) is 42.1 Å². The Bertz CT molecular complexity index is 535. The molecule has 0 saturated heterocycles. The minimum Gasteiger partial charge on any atom is -0.350 e. The molecule has 1 aliphatic rings. The van der Waals surface area contributed by atoms with Crippen molar-refractivity contribution in [3.8, 4) is 0 Å². The first-order valence-electron chi connectivity index (χ1n) is 6.51. The zero-order chi connectivity index (χ0) is 11.9. The molecule has 0 spiro atoms. The maximum Gasteiger partial charge on any atom is 0.0480 e. The van der Waals surface area contributed by atoms with Crippen molar-refractivity contribution in [1.82, 2.24) is 4.57 Å². The van der Waals surface area contributed by atoms with Crippen LogP contribution in [0.5, 0.6) is 0 Å². The van der Waals surface area contributed by atoms with Crippen LogP contribution in [0.1, 0.15) is 31.2 Å². The van der Waals surface area contributed by atoms with Gasteiger partial charge in [-0.3, -0.25) is 0 Å². The summed E-state index contributed by atoms with van der Waals surface area (Å²) >= 11 is 0. The molecule has 1 aromatic heterocycles. The molecule has 1 saturated carbocycles. The van der Waals surface area contributed by atoms with Crippen LogP contribution in [-0.2, 0) is 12.5 Å². The fourth-order valence-electron chi connectivity index (χ4n) is 3.30. The highest BCUT2D eigenvalue weighted by Crippen LogP contribution is 2.48. The number of rotatable bonds is 3. The molecule has 1 aromatic carbocycles. The van der Waals surface area contributed by atoms with Gasteiger partial charge >= 0.3 is 0 Å². The van der Waals surface area contributed by atoms with E-state index in [9.17, 15) is 0 Å². The number of nitrogens with zero attached hydrogens (tertiary/aromatic N) is 1. The van der Waals surface area contributed by atoms with Gasteiger partial charge in [-0.25, -0.2) is 0 Å². The number of hydrogen-bond donors (Lipinski definition) is 1. The minimum absolute atomic E-state index is 0.371. The average molecular weight is 228 g/mol. The van der Waals surface area contributed by atoms with E-state index in [-0.39, 0.29) is 0 Å². The van der Waals surface area contributed by atoms with Crippen molar-refractivity contribution in [3.63, 3.8) is 0 Å². The normalized spacial score (nSPS) is 18.2. The molecule has 2 N–H and O–H groups in total. The zero-order valence-electron chi connectivity index (χ0n) is 10.4. The van der Waals surface area contributed by atoms with E-state index < -0.39 is 0 Å². The molecule has 17 heavy (non-hydrogen) atoms. The van der Waals surface area contributed by atoms with Crippen molar-refractivity contribution >= 4 is 10.9 Å². The predicted octanol–water partition coefficient (Wildman–Crippen LogP) is 2.95. The van der Waals surface area contributed by atoms with Gasteiger partial charge in [0, 0.05) is 24.1 Å². The summed E-state index contributed by atoms with van der Waals surface area (Å²) < 4.78 is 2.25. The lowest BCUT2D eigenvalue weighted by molar-refractivity contribution is 0.231. The van der Waals surface area contributed by atoms with Crippen LogP contribution in [0.15, 0.2) is 30.5 Å². The Kier molecular flexibility index (Phi) is 2.48. The summed E-state index contributed by atoms with van der Waals surface area (Å²) in [5.41, 5.74) is 9.04. The van der Waals surface area contributed by atoms with Gasteiger partial charge in [-0.2, -0.15) is 0 Å². The van der Waals surface area contributed by atoms with E-state index in [1.54, 1.807) is 0 Å². The molecule has 2 nitrogen and oxygen atoms in total. The summed E-state index contributed by atoms with van der Waals surface area (Å²) in [5.74, 6) is 0. The third-order valence-corrected chi connectivity index (χ3v) is 4.40. The molecule has 1 aliphatic carbocycles. The van der Waals surface area contributed by atoms with Gasteiger partial charge < -0.3 is 10.3 Å². The smallest absolute Gasteiger partial charge is 0.0480 e. The van der Waals surface area contributed by atoms with Crippen LogP contribution in [0.3, 0.4) is 0 Å². The SMILES string of the molecule is Cn1cc(C2(CCN)CCC2)c2ccccc21. The van der Waals surface area contributed by atoms with E-state index >= 15 is 0 Å². The number of benzene rings is 1. The lowest BCUT2D eigenvalue weighted by Gasteiger charge is -2.42. The molecule has 0 radical (unpaired) electrons. The molecule has 0 amide bonds. The lowest BCUT2D eigenvalue weighted by atomic mass is 9.62. The Morgan fingerprint density at radius 3 is 2.71 bits per heavy atom. The third-order valence-electron chi connectivity index (χ3n) is 4.40. The highest BCUT2D eigenvalue weighted by Gasteiger charge is 2.39. The summed E-state index contributed by atoms with van der Waals surface area (Å²) in [5, 5.41) is 1.42. The number of nitrogens with two attached hydrogens (primary N) is 1. The van der Waals surface area contributed by atoms with Crippen molar-refractivity contribution in [3.05, 3.63) is 36.0 Å². The second-order valence-corrected chi connectivity index (χ2v) is 5.34. The maximum atomic E-state index is 5.81. The molecule has 0 aliphatic heterocycles. The van der Waals surface area contributed by atoms with Crippen LogP contribution < -0.4 is 5.73 Å². The molecular weight excluding hydrogens is 208 g/mol. The first kappa shape index (κ1) is 10.8. The highest BCUT2D eigenvalue weighted by atomic mass is 14.9. The molecule has 0 atom stereocenters. The Hall–Kier alpha value is -1.28. The lowest BCUT2D eigenvalue weighted by Crippen LogP contribution is -2.36. The van der Waals surface area contributed by atoms with Gasteiger partial charge in [-0.1, -0.05) is 24.6 Å². The molecule has 90 valence electrons. The van der Waals surface area contributed by atoms with Gasteiger partial charge in [0.2, 0.25) is 0 Å². The molecule has 0 bridgehead atoms. The molecule has 2 aromatic rings. The second-order valence-electron chi connectivity index (χ2n) is 5.34. The fraction of sp³-hybridized carbons (Fsp3) is 0.467. The third kappa shape index (κ3) is 1.51. The van der Waals surface area contributed by atoms with Crippen LogP contribution in [-0.4, -0.2) is 11.1 Å². The molecular formula is C15H20N2. The van der Waals surface area contributed by atoms with Crippen LogP contribution in [0.2, 0.25) is 0 Å². The molecule has 0 unspecified atom stereocenters. The minimum atomic E-state index is 0.371. The van der Waals surface area contributed by atoms with Crippen LogP contribution >= 0.6 is 0 Å². The number of hydrogen-bond acceptors (Lipinski definition) is 1. The summed E-state index contributed by atoms with van der Waals surface area (Å²) in [6, 6.07) is 8.71. The number of aryl methyl sites for hydroxylation is 1. The van der Waals surface area contributed by atoms with Crippen LogP contribution in [0.4, 0.5) is 0 Å². The van der Waals surface area contributed by atoms with Crippen molar-refractivity contribution < 1.29 is 0 Å². The number of aromatic nitrogens is 1. The number of para-hydroxylation sites is 1. The fourth-order valence-corrected chi connectivity index (χ4v) is 3.30. The van der Waals surface area contributed by atoms with Gasteiger partial charge in [0.25, 0.3) is 0 Å². The van der Waals surface area contributed by atoms with Gasteiger partial charge in [0.15, 0.2) is 0 Å². The molecule has 2 heteroatoms. The van der Waals surface area contributed by atoms with E-state index in [4.69, 9.17) is 5.73 Å². The highest BCUT2D eigenvalue weighted by molar-refractivity contribution is 5.85. The Balaban J connectivity index is 2.16. The first-order chi connectivity index (χ1) is 8.27. The van der Waals surface area contributed by atoms with Gasteiger partial charge in [0.1, 0.15) is 0 Å². The van der Waals surface area contributed by atoms with Crippen LogP contribution in [0, 0.1) is 0 Å². The summed E-state index contributed by atoms with van der Waals surface area (Å²) in [6.45, 7) is 0.795. The summed E-state index contributed by atoms with van der Waals surface area (Å²) in [7, 11) is 2.14. The van der Waals surface area contributed by atoms with Gasteiger partial charge in [-0.15, -0.1) is 0 Å². The Labute approximate surface area is 102 Å². The van der Waals surface area contributed by atoms with Crippen molar-refractivity contribution in [2.75, 3.05) is 6.54 Å². The topological polar surface area (TPSA) is 30.9 Å². The van der Waals surface area contributed by atoms with Crippen molar-refractivity contribution in [2.45, 2.75) is 31.1 Å². The van der Waals surface area contributed by atoms with E-state index in [1.807, 2.05) is 0 Å². The molecule has 3 rings (SSSR count). The molecule has 1 heterocycles. The Morgan fingerprint density at radius 2 is 2.06 bits per heavy atom. The molecule has 1 fully saturated rings. The zero-order valence-corrected chi connectivity index (χ0v) is 10.4. The van der Waals surface area contributed by atoms with E-state index in [0.717, 1.165) is 13.0 Å². The first-order valence-corrected chi connectivity index (χ1v) is 6.51. The van der Waals surface area contributed by atoms with Crippen LogP contribution in [0.25, 0.3) is 10.9 Å². The van der Waals surface area contributed by atoms with Gasteiger partial charge in [0.05, 0.1) is 0 Å². The summed E-state index contributed by atoms with van der Waals surface area (Å²) in [4.78, 5) is 0. The standard InChI is InChI=1S/C15H20N2/c1-17-11-13(12-5-2-3-6-14(12)17)15(9-10-16)7-4-8-15/h2-3,5-6,11H,4,7-10,16H2,1H3. The van der Waals surface area contributed by atoms with E-state index in [1.165, 1.54) is 35.7 Å². The average Bonchev–Trinajstić information content (AvgIpc) is 2.63. The summed E-state index contributed by atoms with van der Waals surface area (Å²) in [6.07, 6.45) is 7.40. The van der Waals surface area contributed by atoms with Crippen molar-refractivity contribution in [1.29, 1.82) is 0 Å². The monoisotopic (exact) mass is 228 g/mol. The van der Waals surface area contributed by atoms with Crippen molar-refractivity contribution in [2.24, 2.45) is 12.8 Å². The maximum absolute atomic E-state index is 5.81. The van der Waals surface area contributed by atoms with E-state index in [0.29, 0.717) is 5.41 Å². The quantitative estimate of drug-likeness (QED) is 0.860. The number of fused-ring (bicyclic) bond motifs is 1. The Morgan fingerprint density at radius 1 is 1.29 bits per heavy atom. The van der Waals surface area contributed by atoms with Gasteiger partial charge in [-0.05, 0) is 42.9 Å².